The summed E-state index contributed by atoms with van der Waals surface area (Å²) in [5, 5.41) is 5.02. The van der Waals surface area contributed by atoms with Crippen molar-refractivity contribution in [2.75, 3.05) is 7.11 Å². The van der Waals surface area contributed by atoms with Crippen molar-refractivity contribution in [3.05, 3.63) is 35.9 Å². The maximum atomic E-state index is 12.9. The normalized spacial score (nSPS) is 15.1. The molecule has 31 heavy (non-hydrogen) atoms. The third-order valence-corrected chi connectivity index (χ3v) is 5.74. The van der Waals surface area contributed by atoms with Gasteiger partial charge >= 0.3 is 13.7 Å². The standard InChI is InChI=1S/C21H33N2O7P/c1-14(2)11-17(23-21(26)30-13-16-9-7-6-8-10-16)19(24)22-18(12-15(3)4)20(25)31(27,28)29-5/h6-10,14-15,17-18H,11-13H2,1-5H3,(H,22,24)(H,23,26)(H,27,28)/t17-,18-/m0/s1. The predicted molar refractivity (Wildman–Crippen MR) is 116 cm³/mol. The smallest absolute Gasteiger partial charge is 0.408 e. The maximum absolute atomic E-state index is 12.9. The number of nitrogens with one attached hydrogen (secondary N) is 2. The number of carbonyl (C=O) groups is 3. The quantitative estimate of drug-likeness (QED) is 0.412. The van der Waals surface area contributed by atoms with Gasteiger partial charge in [0.2, 0.25) is 5.91 Å². The summed E-state index contributed by atoms with van der Waals surface area (Å²) < 4.78 is 21.6. The van der Waals surface area contributed by atoms with E-state index in [2.05, 4.69) is 15.2 Å². The summed E-state index contributed by atoms with van der Waals surface area (Å²) in [6, 6.07) is 6.88. The molecule has 10 heteroatoms. The van der Waals surface area contributed by atoms with Crippen molar-refractivity contribution in [3.8, 4) is 0 Å². The lowest BCUT2D eigenvalue weighted by atomic mass is 10.0. The van der Waals surface area contributed by atoms with E-state index in [0.717, 1.165) is 12.7 Å². The number of amides is 2. The summed E-state index contributed by atoms with van der Waals surface area (Å²) in [6.45, 7) is 7.42. The molecule has 0 saturated heterocycles. The minimum Gasteiger partial charge on any atom is -0.445 e. The van der Waals surface area contributed by atoms with Crippen LogP contribution in [0.15, 0.2) is 30.3 Å². The maximum Gasteiger partial charge on any atom is 0.408 e. The van der Waals surface area contributed by atoms with E-state index in [1.54, 1.807) is 12.1 Å². The molecule has 0 spiro atoms. The first-order chi connectivity index (χ1) is 14.5. The van der Waals surface area contributed by atoms with Crippen LogP contribution in [-0.4, -0.2) is 41.6 Å². The second-order valence-corrected chi connectivity index (χ2v) is 9.97. The fraction of sp³-hybridized carbons (Fsp3) is 0.571. The number of ether oxygens (including phenoxy) is 1. The molecule has 0 heterocycles. The second kappa shape index (κ2) is 12.6. The third kappa shape index (κ3) is 9.63. The summed E-state index contributed by atoms with van der Waals surface area (Å²) in [7, 11) is -3.57. The predicted octanol–water partition coefficient (Wildman–Crippen LogP) is 3.22. The Morgan fingerprint density at radius 3 is 2.03 bits per heavy atom. The Bertz CT molecular complexity index is 783. The first-order valence-corrected chi connectivity index (χ1v) is 11.7. The highest BCUT2D eigenvalue weighted by Crippen LogP contribution is 2.43. The molecule has 0 aliphatic heterocycles. The Morgan fingerprint density at radius 2 is 1.52 bits per heavy atom. The van der Waals surface area contributed by atoms with Crippen LogP contribution in [0.2, 0.25) is 0 Å². The van der Waals surface area contributed by atoms with Crippen LogP contribution in [0.4, 0.5) is 4.79 Å². The molecule has 0 saturated carbocycles. The van der Waals surface area contributed by atoms with Gasteiger partial charge in [-0.3, -0.25) is 14.2 Å². The van der Waals surface area contributed by atoms with E-state index in [0.29, 0.717) is 0 Å². The fourth-order valence-corrected chi connectivity index (χ4v) is 3.61. The van der Waals surface area contributed by atoms with E-state index >= 15 is 0 Å². The highest BCUT2D eigenvalue weighted by molar-refractivity contribution is 7.71. The molecule has 0 bridgehead atoms. The summed E-state index contributed by atoms with van der Waals surface area (Å²) in [4.78, 5) is 47.3. The highest BCUT2D eigenvalue weighted by Gasteiger charge is 2.38. The topological polar surface area (TPSA) is 131 Å². The van der Waals surface area contributed by atoms with Crippen molar-refractivity contribution in [3.63, 3.8) is 0 Å². The summed E-state index contributed by atoms with van der Waals surface area (Å²) in [6.07, 6.45) is -0.345. The van der Waals surface area contributed by atoms with Crippen molar-refractivity contribution in [1.29, 1.82) is 0 Å². The number of hydrogen-bond acceptors (Lipinski definition) is 6. The van der Waals surface area contributed by atoms with Crippen LogP contribution >= 0.6 is 7.60 Å². The van der Waals surface area contributed by atoms with Crippen LogP contribution in [0.1, 0.15) is 46.1 Å². The molecule has 3 atom stereocenters. The molecule has 0 aliphatic carbocycles. The van der Waals surface area contributed by atoms with E-state index in [-0.39, 0.29) is 31.3 Å². The Morgan fingerprint density at radius 1 is 0.968 bits per heavy atom. The fourth-order valence-electron chi connectivity index (χ4n) is 2.86. The van der Waals surface area contributed by atoms with Crippen LogP contribution in [0.5, 0.6) is 0 Å². The van der Waals surface area contributed by atoms with Gasteiger partial charge in [-0.2, -0.15) is 0 Å². The Kier molecular flexibility index (Phi) is 10.9. The van der Waals surface area contributed by atoms with Crippen LogP contribution in [0.3, 0.4) is 0 Å². The average molecular weight is 456 g/mol. The lowest BCUT2D eigenvalue weighted by Gasteiger charge is -2.25. The van der Waals surface area contributed by atoms with Crippen molar-refractivity contribution in [2.24, 2.45) is 11.8 Å². The molecule has 2 amide bonds. The third-order valence-electron chi connectivity index (χ3n) is 4.38. The van der Waals surface area contributed by atoms with Gasteiger partial charge in [0.1, 0.15) is 18.7 Å². The van der Waals surface area contributed by atoms with E-state index in [1.165, 1.54) is 0 Å². The van der Waals surface area contributed by atoms with E-state index in [1.807, 2.05) is 45.9 Å². The van der Waals surface area contributed by atoms with Gasteiger partial charge in [-0.05, 0) is 30.2 Å². The minimum atomic E-state index is -4.53. The van der Waals surface area contributed by atoms with Gasteiger partial charge in [-0.1, -0.05) is 58.0 Å². The molecule has 0 radical (unpaired) electrons. The number of carbonyl (C=O) groups excluding carboxylic acids is 3. The summed E-state index contributed by atoms with van der Waals surface area (Å²) in [5.74, 6) is -0.633. The van der Waals surface area contributed by atoms with Gasteiger partial charge in [0.05, 0.1) is 0 Å². The number of hydrogen-bond donors (Lipinski definition) is 3. The van der Waals surface area contributed by atoms with Crippen LogP contribution in [0, 0.1) is 11.8 Å². The molecule has 1 unspecified atom stereocenters. The average Bonchev–Trinajstić information content (AvgIpc) is 2.70. The highest BCUT2D eigenvalue weighted by atomic mass is 31.2. The van der Waals surface area contributed by atoms with Gasteiger partial charge < -0.3 is 24.8 Å². The van der Waals surface area contributed by atoms with Gasteiger partial charge in [0.15, 0.2) is 0 Å². The molecule has 3 N–H and O–H groups in total. The zero-order chi connectivity index (χ0) is 23.6. The molecule has 9 nitrogen and oxygen atoms in total. The lowest BCUT2D eigenvalue weighted by Crippen LogP contribution is -2.52. The largest absolute Gasteiger partial charge is 0.445 e. The van der Waals surface area contributed by atoms with Crippen molar-refractivity contribution < 1.29 is 33.1 Å². The van der Waals surface area contributed by atoms with E-state index in [9.17, 15) is 23.8 Å². The van der Waals surface area contributed by atoms with Gasteiger partial charge in [-0.25, -0.2) is 4.79 Å². The van der Waals surface area contributed by atoms with E-state index in [4.69, 9.17) is 4.74 Å². The zero-order valence-electron chi connectivity index (χ0n) is 18.7. The van der Waals surface area contributed by atoms with Gasteiger partial charge in [-0.15, -0.1) is 0 Å². The Hall–Kier alpha value is -2.22. The van der Waals surface area contributed by atoms with Crippen molar-refractivity contribution in [2.45, 2.75) is 59.2 Å². The molecule has 1 aromatic carbocycles. The summed E-state index contributed by atoms with van der Waals surface area (Å²) >= 11 is 0. The molecule has 1 aromatic rings. The van der Waals surface area contributed by atoms with Crippen LogP contribution < -0.4 is 10.6 Å². The SMILES string of the molecule is COP(=O)(O)C(=O)[C@H](CC(C)C)NC(=O)[C@H](CC(C)C)NC(=O)OCc1ccccc1. The molecular weight excluding hydrogens is 423 g/mol. The lowest BCUT2D eigenvalue weighted by molar-refractivity contribution is -0.127. The minimum absolute atomic E-state index is 0.0404. The number of rotatable bonds is 12. The first kappa shape index (κ1) is 26.8. The monoisotopic (exact) mass is 456 g/mol. The number of benzene rings is 1. The van der Waals surface area contributed by atoms with E-state index < -0.39 is 37.2 Å². The van der Waals surface area contributed by atoms with Gasteiger partial charge in [0.25, 0.3) is 5.52 Å². The van der Waals surface area contributed by atoms with Gasteiger partial charge in [0, 0.05) is 7.11 Å². The van der Waals surface area contributed by atoms with Crippen molar-refractivity contribution >= 4 is 25.1 Å². The molecule has 174 valence electrons. The first-order valence-electron chi connectivity index (χ1n) is 10.2. The Balaban J connectivity index is 2.87. The zero-order valence-corrected chi connectivity index (χ0v) is 19.6. The van der Waals surface area contributed by atoms with Crippen molar-refractivity contribution in [1.82, 2.24) is 10.6 Å². The molecular formula is C21H33N2O7P. The van der Waals surface area contributed by atoms with Crippen LogP contribution in [0.25, 0.3) is 0 Å². The van der Waals surface area contributed by atoms with Crippen LogP contribution in [-0.2, 0) is 30.0 Å². The summed E-state index contributed by atoms with van der Waals surface area (Å²) in [5.41, 5.74) is -0.296. The molecule has 0 aliphatic rings. The second-order valence-electron chi connectivity index (χ2n) is 8.12. The molecule has 0 aromatic heterocycles. The molecule has 1 rings (SSSR count). The number of alkyl carbamates (subject to hydrolysis) is 1. The Labute approximate surface area is 183 Å². The molecule has 0 fully saturated rings.